The van der Waals surface area contributed by atoms with Crippen molar-refractivity contribution in [2.24, 2.45) is 11.8 Å². The van der Waals surface area contributed by atoms with Crippen molar-refractivity contribution in [1.82, 2.24) is 9.21 Å². The molecule has 0 radical (unpaired) electrons. The highest BCUT2D eigenvalue weighted by Crippen LogP contribution is 2.30. The predicted octanol–water partition coefficient (Wildman–Crippen LogP) is 1.96. The number of carbonyl (C=O) groups is 1. The Morgan fingerprint density at radius 3 is 2.57 bits per heavy atom. The minimum Gasteiger partial charge on any atom is -0.345 e. The topological polar surface area (TPSA) is 57.7 Å². The van der Waals surface area contributed by atoms with E-state index in [1.807, 2.05) is 7.05 Å². The maximum absolute atomic E-state index is 12.7. The summed E-state index contributed by atoms with van der Waals surface area (Å²) in [7, 11) is -1.66. The second-order valence-electron chi connectivity index (χ2n) is 6.68. The molecule has 1 amide bonds. The highest BCUT2D eigenvalue weighted by molar-refractivity contribution is 7.89. The van der Waals surface area contributed by atoms with Gasteiger partial charge in [-0.1, -0.05) is 18.2 Å². The Balaban J connectivity index is 1.69. The zero-order chi connectivity index (χ0) is 16.4. The lowest BCUT2D eigenvalue weighted by atomic mass is 9.98. The van der Waals surface area contributed by atoms with Gasteiger partial charge in [0, 0.05) is 26.7 Å². The normalized spacial score (nSPS) is 22.7. The van der Waals surface area contributed by atoms with Gasteiger partial charge in [0.15, 0.2) is 0 Å². The van der Waals surface area contributed by atoms with Gasteiger partial charge < -0.3 is 4.90 Å². The van der Waals surface area contributed by atoms with Gasteiger partial charge in [-0.15, -0.1) is 0 Å². The molecule has 23 heavy (non-hydrogen) atoms. The first-order chi connectivity index (χ1) is 11.0. The van der Waals surface area contributed by atoms with Crippen LogP contribution in [0.5, 0.6) is 0 Å². The van der Waals surface area contributed by atoms with Crippen molar-refractivity contribution in [1.29, 1.82) is 0 Å². The summed E-state index contributed by atoms with van der Waals surface area (Å²) in [5, 5.41) is 0. The molecule has 1 aliphatic heterocycles. The van der Waals surface area contributed by atoms with Gasteiger partial charge in [-0.05, 0) is 43.7 Å². The monoisotopic (exact) mass is 336 g/mol. The summed E-state index contributed by atoms with van der Waals surface area (Å²) in [5.41, 5.74) is 0. The molecule has 0 aromatic heterocycles. The molecular formula is C17H24N2O3S. The lowest BCUT2D eigenvalue weighted by molar-refractivity contribution is -0.135. The minimum absolute atomic E-state index is 0.0878. The Morgan fingerprint density at radius 1 is 1.22 bits per heavy atom. The number of hydrogen-bond acceptors (Lipinski definition) is 3. The Labute approximate surface area is 138 Å². The van der Waals surface area contributed by atoms with Crippen molar-refractivity contribution in [2.45, 2.75) is 30.6 Å². The van der Waals surface area contributed by atoms with Gasteiger partial charge in [0.05, 0.1) is 10.8 Å². The second kappa shape index (κ2) is 6.61. The highest BCUT2D eigenvalue weighted by Gasteiger charge is 2.35. The number of nitrogens with zero attached hydrogens (tertiary/aromatic N) is 2. The first kappa shape index (κ1) is 16.5. The van der Waals surface area contributed by atoms with Gasteiger partial charge >= 0.3 is 0 Å². The molecule has 1 unspecified atom stereocenters. The van der Waals surface area contributed by atoms with Gasteiger partial charge in [0.1, 0.15) is 0 Å². The maximum Gasteiger partial charge on any atom is 0.243 e. The summed E-state index contributed by atoms with van der Waals surface area (Å²) in [6, 6.07) is 8.47. The minimum atomic E-state index is -3.50. The van der Waals surface area contributed by atoms with Crippen molar-refractivity contribution in [3.05, 3.63) is 30.3 Å². The van der Waals surface area contributed by atoms with Gasteiger partial charge in [-0.25, -0.2) is 8.42 Å². The van der Waals surface area contributed by atoms with Gasteiger partial charge in [-0.3, -0.25) is 4.79 Å². The molecule has 1 atom stereocenters. The standard InChI is InChI=1S/C17H24N2O3S/c1-18(12-14-9-10-14)17(20)15-6-5-11-19(13-15)23(21,22)16-7-3-2-4-8-16/h2-4,7-8,14-15H,5-6,9-13H2,1H3. The summed E-state index contributed by atoms with van der Waals surface area (Å²) >= 11 is 0. The molecule has 2 aliphatic rings. The molecule has 0 N–H and O–H groups in total. The largest absolute Gasteiger partial charge is 0.345 e. The van der Waals surface area contributed by atoms with E-state index in [0.717, 1.165) is 19.4 Å². The zero-order valence-electron chi connectivity index (χ0n) is 13.5. The van der Waals surface area contributed by atoms with E-state index < -0.39 is 10.0 Å². The average molecular weight is 336 g/mol. The molecule has 3 rings (SSSR count). The van der Waals surface area contributed by atoms with Crippen LogP contribution < -0.4 is 0 Å². The number of carbonyl (C=O) groups excluding carboxylic acids is 1. The van der Waals surface area contributed by atoms with Crippen LogP contribution in [0.2, 0.25) is 0 Å². The van der Waals surface area contributed by atoms with E-state index in [4.69, 9.17) is 0 Å². The molecule has 0 bridgehead atoms. The fourth-order valence-corrected chi connectivity index (χ4v) is 4.74. The van der Waals surface area contributed by atoms with Crippen LogP contribution in [0.15, 0.2) is 35.2 Å². The van der Waals surface area contributed by atoms with E-state index in [0.29, 0.717) is 23.9 Å². The van der Waals surface area contributed by atoms with Crippen LogP contribution in [0.4, 0.5) is 0 Å². The molecule has 126 valence electrons. The fourth-order valence-electron chi connectivity index (χ4n) is 3.19. The van der Waals surface area contributed by atoms with E-state index in [1.54, 1.807) is 35.2 Å². The first-order valence-corrected chi connectivity index (χ1v) is 9.72. The van der Waals surface area contributed by atoms with Crippen molar-refractivity contribution < 1.29 is 13.2 Å². The zero-order valence-corrected chi connectivity index (χ0v) is 14.3. The average Bonchev–Trinajstić information content (AvgIpc) is 3.39. The Bertz CT molecular complexity index is 656. The van der Waals surface area contributed by atoms with Gasteiger partial charge in [-0.2, -0.15) is 4.31 Å². The summed E-state index contributed by atoms with van der Waals surface area (Å²) in [5.74, 6) is 0.521. The molecule has 1 heterocycles. The van der Waals surface area contributed by atoms with Crippen molar-refractivity contribution in [3.63, 3.8) is 0 Å². The van der Waals surface area contributed by atoms with Crippen LogP contribution in [0.25, 0.3) is 0 Å². The van der Waals surface area contributed by atoms with E-state index in [-0.39, 0.29) is 11.8 Å². The molecular weight excluding hydrogens is 312 g/mol. The molecule has 1 aliphatic carbocycles. The lowest BCUT2D eigenvalue weighted by Crippen LogP contribution is -2.46. The Hall–Kier alpha value is -1.40. The molecule has 1 saturated heterocycles. The molecule has 1 aromatic carbocycles. The first-order valence-electron chi connectivity index (χ1n) is 8.28. The van der Waals surface area contributed by atoms with E-state index in [9.17, 15) is 13.2 Å². The molecule has 1 saturated carbocycles. The van der Waals surface area contributed by atoms with Gasteiger partial charge in [0.2, 0.25) is 15.9 Å². The van der Waals surface area contributed by atoms with E-state index >= 15 is 0 Å². The number of amides is 1. The van der Waals surface area contributed by atoms with E-state index in [2.05, 4.69) is 0 Å². The third-order valence-electron chi connectivity index (χ3n) is 4.72. The van der Waals surface area contributed by atoms with Crippen molar-refractivity contribution in [2.75, 3.05) is 26.7 Å². The molecule has 0 spiro atoms. The molecule has 2 fully saturated rings. The second-order valence-corrected chi connectivity index (χ2v) is 8.62. The molecule has 1 aromatic rings. The Kier molecular flexibility index (Phi) is 4.73. The maximum atomic E-state index is 12.7. The van der Waals surface area contributed by atoms with E-state index in [1.165, 1.54) is 17.1 Å². The quantitative estimate of drug-likeness (QED) is 0.826. The summed E-state index contributed by atoms with van der Waals surface area (Å²) < 4.78 is 26.9. The summed E-state index contributed by atoms with van der Waals surface area (Å²) in [6.07, 6.45) is 3.92. The highest BCUT2D eigenvalue weighted by atomic mass is 32.2. The van der Waals surface area contributed by atoms with Crippen molar-refractivity contribution >= 4 is 15.9 Å². The number of benzene rings is 1. The van der Waals surface area contributed by atoms with Crippen LogP contribution >= 0.6 is 0 Å². The fraction of sp³-hybridized carbons (Fsp3) is 0.588. The number of hydrogen-bond donors (Lipinski definition) is 0. The smallest absolute Gasteiger partial charge is 0.243 e. The lowest BCUT2D eigenvalue weighted by Gasteiger charge is -2.33. The number of piperidine rings is 1. The van der Waals surface area contributed by atoms with Crippen LogP contribution in [-0.4, -0.2) is 50.2 Å². The number of sulfonamides is 1. The van der Waals surface area contributed by atoms with Crippen LogP contribution in [0.1, 0.15) is 25.7 Å². The van der Waals surface area contributed by atoms with Gasteiger partial charge in [0.25, 0.3) is 0 Å². The third kappa shape index (κ3) is 3.75. The van der Waals surface area contributed by atoms with Crippen LogP contribution in [0.3, 0.4) is 0 Å². The SMILES string of the molecule is CN(CC1CC1)C(=O)C1CCCN(S(=O)(=O)c2ccccc2)C1. The van der Waals surface area contributed by atoms with Crippen molar-refractivity contribution in [3.8, 4) is 0 Å². The summed E-state index contributed by atoms with van der Waals surface area (Å²) in [4.78, 5) is 14.7. The third-order valence-corrected chi connectivity index (χ3v) is 6.60. The molecule has 5 nitrogen and oxygen atoms in total. The molecule has 6 heteroatoms. The van der Waals surface area contributed by atoms with Crippen LogP contribution in [-0.2, 0) is 14.8 Å². The number of rotatable bonds is 5. The van der Waals surface area contributed by atoms with Crippen LogP contribution in [0, 0.1) is 11.8 Å². The predicted molar refractivity (Wildman–Crippen MR) is 88.3 cm³/mol. The summed E-state index contributed by atoms with van der Waals surface area (Å²) in [6.45, 7) is 1.60. The Morgan fingerprint density at radius 2 is 1.91 bits per heavy atom.